The van der Waals surface area contributed by atoms with Crippen molar-refractivity contribution in [3.63, 3.8) is 0 Å². The largest absolute Gasteiger partial charge is 0.497 e. The van der Waals surface area contributed by atoms with Crippen molar-refractivity contribution in [3.05, 3.63) is 57.5 Å². The summed E-state index contributed by atoms with van der Waals surface area (Å²) in [4.78, 5) is 0. The standard InChI is InChI=1S/C16H17BrClNO/c1-3-15(11-4-6-12(17)7-5-11)19-16-10-13(20-2)8-9-14(16)18/h4-10,15,19H,3H2,1-2H3. The van der Waals surface area contributed by atoms with E-state index in [1.54, 1.807) is 7.11 Å². The first-order chi connectivity index (χ1) is 9.63. The van der Waals surface area contributed by atoms with Crippen LogP contribution in [0.3, 0.4) is 0 Å². The van der Waals surface area contributed by atoms with Gasteiger partial charge in [-0.15, -0.1) is 0 Å². The average Bonchev–Trinajstić information content (AvgIpc) is 2.47. The maximum Gasteiger partial charge on any atom is 0.121 e. The molecule has 2 aromatic rings. The van der Waals surface area contributed by atoms with Crippen LogP contribution in [0.1, 0.15) is 24.9 Å². The van der Waals surface area contributed by atoms with Gasteiger partial charge in [0, 0.05) is 10.5 Å². The molecule has 0 fully saturated rings. The van der Waals surface area contributed by atoms with Crippen LogP contribution in [0.25, 0.3) is 0 Å². The summed E-state index contributed by atoms with van der Waals surface area (Å²) in [5.41, 5.74) is 2.12. The summed E-state index contributed by atoms with van der Waals surface area (Å²) in [5.74, 6) is 0.794. The van der Waals surface area contributed by atoms with E-state index in [0.717, 1.165) is 22.3 Å². The lowest BCUT2D eigenvalue weighted by atomic mass is 10.0. The molecule has 0 aromatic heterocycles. The monoisotopic (exact) mass is 353 g/mol. The van der Waals surface area contributed by atoms with Gasteiger partial charge in [0.15, 0.2) is 0 Å². The van der Waals surface area contributed by atoms with Crippen LogP contribution in [0.5, 0.6) is 5.75 Å². The highest BCUT2D eigenvalue weighted by Gasteiger charge is 2.11. The lowest BCUT2D eigenvalue weighted by Gasteiger charge is -2.20. The summed E-state index contributed by atoms with van der Waals surface area (Å²) in [6.07, 6.45) is 0.967. The van der Waals surface area contributed by atoms with Gasteiger partial charge in [-0.1, -0.05) is 46.6 Å². The van der Waals surface area contributed by atoms with E-state index >= 15 is 0 Å². The summed E-state index contributed by atoms with van der Waals surface area (Å²) >= 11 is 9.70. The van der Waals surface area contributed by atoms with Gasteiger partial charge in [-0.25, -0.2) is 0 Å². The van der Waals surface area contributed by atoms with Crippen LogP contribution in [0.4, 0.5) is 5.69 Å². The van der Waals surface area contributed by atoms with E-state index in [4.69, 9.17) is 16.3 Å². The van der Waals surface area contributed by atoms with Crippen molar-refractivity contribution in [2.24, 2.45) is 0 Å². The number of hydrogen-bond acceptors (Lipinski definition) is 2. The van der Waals surface area contributed by atoms with Gasteiger partial charge in [0.2, 0.25) is 0 Å². The van der Waals surface area contributed by atoms with E-state index < -0.39 is 0 Å². The molecule has 1 unspecified atom stereocenters. The molecule has 4 heteroatoms. The van der Waals surface area contributed by atoms with Crippen LogP contribution >= 0.6 is 27.5 Å². The van der Waals surface area contributed by atoms with Gasteiger partial charge in [0.05, 0.1) is 23.9 Å². The molecular weight excluding hydrogens is 338 g/mol. The molecule has 2 rings (SSSR count). The molecule has 1 atom stereocenters. The molecule has 0 aliphatic rings. The third-order valence-corrected chi connectivity index (χ3v) is 4.04. The number of methoxy groups -OCH3 is 1. The average molecular weight is 355 g/mol. The van der Waals surface area contributed by atoms with Crippen LogP contribution in [-0.4, -0.2) is 7.11 Å². The second kappa shape index (κ2) is 7.00. The van der Waals surface area contributed by atoms with Gasteiger partial charge in [0.1, 0.15) is 5.75 Å². The number of halogens is 2. The Balaban J connectivity index is 2.23. The number of anilines is 1. The molecule has 0 spiro atoms. The molecule has 0 aliphatic heterocycles. The topological polar surface area (TPSA) is 21.3 Å². The lowest BCUT2D eigenvalue weighted by Crippen LogP contribution is -2.10. The van der Waals surface area contributed by atoms with Gasteiger partial charge in [-0.3, -0.25) is 0 Å². The summed E-state index contributed by atoms with van der Waals surface area (Å²) in [6.45, 7) is 2.15. The quantitative estimate of drug-likeness (QED) is 0.746. The second-order valence-electron chi connectivity index (χ2n) is 4.50. The normalized spacial score (nSPS) is 12.0. The first kappa shape index (κ1) is 15.2. The summed E-state index contributed by atoms with van der Waals surface area (Å²) in [5, 5.41) is 4.18. The van der Waals surface area contributed by atoms with Gasteiger partial charge < -0.3 is 10.1 Å². The van der Waals surface area contributed by atoms with E-state index in [-0.39, 0.29) is 6.04 Å². The Morgan fingerprint density at radius 1 is 1.20 bits per heavy atom. The Morgan fingerprint density at radius 2 is 1.90 bits per heavy atom. The molecule has 0 bridgehead atoms. The van der Waals surface area contributed by atoms with Crippen molar-refractivity contribution in [1.82, 2.24) is 0 Å². The fourth-order valence-electron chi connectivity index (χ4n) is 2.05. The lowest BCUT2D eigenvalue weighted by molar-refractivity contribution is 0.415. The van der Waals surface area contributed by atoms with Crippen molar-refractivity contribution in [2.45, 2.75) is 19.4 Å². The molecule has 0 saturated carbocycles. The molecule has 0 heterocycles. The zero-order valence-electron chi connectivity index (χ0n) is 11.5. The smallest absolute Gasteiger partial charge is 0.121 e. The van der Waals surface area contributed by atoms with Crippen molar-refractivity contribution >= 4 is 33.2 Å². The molecule has 2 nitrogen and oxygen atoms in total. The predicted molar refractivity (Wildman–Crippen MR) is 88.8 cm³/mol. The fourth-order valence-corrected chi connectivity index (χ4v) is 2.48. The molecule has 0 aliphatic carbocycles. The molecule has 2 aromatic carbocycles. The maximum absolute atomic E-state index is 6.24. The van der Waals surface area contributed by atoms with Crippen molar-refractivity contribution in [1.29, 1.82) is 0 Å². The van der Waals surface area contributed by atoms with Crippen LogP contribution in [0.15, 0.2) is 46.9 Å². The number of rotatable bonds is 5. The third kappa shape index (κ3) is 3.68. The minimum Gasteiger partial charge on any atom is -0.497 e. The van der Waals surface area contributed by atoms with Crippen molar-refractivity contribution in [3.8, 4) is 5.75 Å². The Labute approximate surface area is 133 Å². The summed E-state index contributed by atoms with van der Waals surface area (Å²) in [6, 6.07) is 14.2. The number of hydrogen-bond donors (Lipinski definition) is 1. The minimum absolute atomic E-state index is 0.215. The highest BCUT2D eigenvalue weighted by molar-refractivity contribution is 9.10. The fraction of sp³-hybridized carbons (Fsp3) is 0.250. The van der Waals surface area contributed by atoms with E-state index in [1.165, 1.54) is 5.56 Å². The zero-order valence-corrected chi connectivity index (χ0v) is 13.8. The Bertz CT molecular complexity index is 571. The van der Waals surface area contributed by atoms with E-state index in [2.05, 4.69) is 40.3 Å². The Hall–Kier alpha value is -1.19. The zero-order chi connectivity index (χ0) is 14.5. The van der Waals surface area contributed by atoms with Crippen LogP contribution in [-0.2, 0) is 0 Å². The molecular formula is C16H17BrClNO. The van der Waals surface area contributed by atoms with Gasteiger partial charge >= 0.3 is 0 Å². The summed E-state index contributed by atoms with van der Waals surface area (Å²) in [7, 11) is 1.65. The molecule has 0 amide bonds. The predicted octanol–water partition coefficient (Wildman–Crippen LogP) is 5.67. The Morgan fingerprint density at radius 3 is 2.50 bits per heavy atom. The van der Waals surface area contributed by atoms with Crippen LogP contribution in [0, 0.1) is 0 Å². The number of benzene rings is 2. The van der Waals surface area contributed by atoms with Gasteiger partial charge in [0.25, 0.3) is 0 Å². The highest BCUT2D eigenvalue weighted by Crippen LogP contribution is 2.31. The van der Waals surface area contributed by atoms with E-state index in [1.807, 2.05) is 30.3 Å². The first-order valence-electron chi connectivity index (χ1n) is 6.49. The van der Waals surface area contributed by atoms with E-state index in [9.17, 15) is 0 Å². The highest BCUT2D eigenvalue weighted by atomic mass is 79.9. The Kier molecular flexibility index (Phi) is 5.32. The minimum atomic E-state index is 0.215. The van der Waals surface area contributed by atoms with Crippen LogP contribution < -0.4 is 10.1 Å². The third-order valence-electron chi connectivity index (χ3n) is 3.18. The van der Waals surface area contributed by atoms with Crippen molar-refractivity contribution < 1.29 is 4.74 Å². The molecule has 1 N–H and O–H groups in total. The van der Waals surface area contributed by atoms with E-state index in [0.29, 0.717) is 5.02 Å². The molecule has 20 heavy (non-hydrogen) atoms. The molecule has 106 valence electrons. The van der Waals surface area contributed by atoms with Crippen LogP contribution in [0.2, 0.25) is 5.02 Å². The van der Waals surface area contributed by atoms with Crippen molar-refractivity contribution in [2.75, 3.05) is 12.4 Å². The number of nitrogens with one attached hydrogen (secondary N) is 1. The van der Waals surface area contributed by atoms with Gasteiger partial charge in [-0.2, -0.15) is 0 Å². The SMILES string of the molecule is CCC(Nc1cc(OC)ccc1Cl)c1ccc(Br)cc1. The number of ether oxygens (including phenoxy) is 1. The molecule has 0 saturated heterocycles. The maximum atomic E-state index is 6.24. The summed E-state index contributed by atoms with van der Waals surface area (Å²) < 4.78 is 6.32. The van der Waals surface area contributed by atoms with Gasteiger partial charge in [-0.05, 0) is 36.2 Å². The molecule has 0 radical (unpaired) electrons. The second-order valence-corrected chi connectivity index (χ2v) is 5.83. The first-order valence-corrected chi connectivity index (χ1v) is 7.66.